The maximum Gasteiger partial charge on any atom is 0.278 e. The number of hydrogen-bond acceptors (Lipinski definition) is 5. The molecule has 0 saturated carbocycles. The Labute approximate surface area is 125 Å². The van der Waals surface area contributed by atoms with Gasteiger partial charge in [-0.2, -0.15) is 5.10 Å². The van der Waals surface area contributed by atoms with Crippen molar-refractivity contribution in [2.75, 3.05) is 12.1 Å². The topological polar surface area (TPSA) is 94.5 Å². The lowest BCUT2D eigenvalue weighted by atomic mass is 10.00. The quantitative estimate of drug-likeness (QED) is 0.696. The summed E-state index contributed by atoms with van der Waals surface area (Å²) in [5.41, 5.74) is 2.41. The van der Waals surface area contributed by atoms with E-state index >= 15 is 0 Å². The number of nitrogens with zero attached hydrogens (tertiary/aromatic N) is 4. The largest absolute Gasteiger partial charge is 0.502 e. The van der Waals surface area contributed by atoms with Crippen molar-refractivity contribution in [1.29, 1.82) is 0 Å². The van der Waals surface area contributed by atoms with Crippen LogP contribution in [0.3, 0.4) is 0 Å². The number of likely N-dealkylation sites (N-methyl/N-ethyl adjacent to an activating group) is 1. The highest BCUT2D eigenvalue weighted by molar-refractivity contribution is 5.96. The van der Waals surface area contributed by atoms with Gasteiger partial charge in [0.25, 0.3) is 5.91 Å². The number of nitrogens with one attached hydrogen (secondary N) is 1. The second-order valence-corrected chi connectivity index (χ2v) is 5.68. The summed E-state index contributed by atoms with van der Waals surface area (Å²) in [4.78, 5) is 26.0. The van der Waals surface area contributed by atoms with Gasteiger partial charge in [-0.1, -0.05) is 0 Å². The number of hydrogen-bond donors (Lipinski definition) is 2. The molecule has 0 unspecified atom stereocenters. The molecule has 0 fully saturated rings. The zero-order valence-electron chi connectivity index (χ0n) is 12.2. The SMILES string of the molecule is Cc1n[nH]c2c1C[C@@H]1N(C2)C(=O)c2c(O)c(=O)ccn2N1C. The van der Waals surface area contributed by atoms with Crippen molar-refractivity contribution in [3.63, 3.8) is 0 Å². The Hall–Kier alpha value is -2.77. The number of fused-ring (bicyclic) bond motifs is 3. The van der Waals surface area contributed by atoms with E-state index < -0.39 is 11.2 Å². The molecule has 2 aromatic rings. The summed E-state index contributed by atoms with van der Waals surface area (Å²) in [6.45, 7) is 2.32. The lowest BCUT2D eigenvalue weighted by Crippen LogP contribution is -2.61. The number of H-pyrrole nitrogens is 1. The van der Waals surface area contributed by atoms with Gasteiger partial charge in [0.2, 0.25) is 5.43 Å². The molecule has 0 radical (unpaired) electrons. The van der Waals surface area contributed by atoms with E-state index in [2.05, 4.69) is 10.2 Å². The van der Waals surface area contributed by atoms with Crippen LogP contribution < -0.4 is 10.4 Å². The molecule has 4 rings (SSSR count). The van der Waals surface area contributed by atoms with E-state index in [1.165, 1.54) is 12.3 Å². The van der Waals surface area contributed by atoms with E-state index in [-0.39, 0.29) is 17.8 Å². The first-order valence-corrected chi connectivity index (χ1v) is 7.00. The average Bonchev–Trinajstić information content (AvgIpc) is 2.87. The molecule has 4 heterocycles. The number of aromatic amines is 1. The van der Waals surface area contributed by atoms with Crippen molar-refractivity contribution in [1.82, 2.24) is 19.8 Å². The third-order valence-corrected chi connectivity index (χ3v) is 4.52. The van der Waals surface area contributed by atoms with E-state index in [4.69, 9.17) is 0 Å². The van der Waals surface area contributed by atoms with Gasteiger partial charge in [0.15, 0.2) is 11.4 Å². The predicted octanol–water partition coefficient (Wildman–Crippen LogP) is -0.309. The second kappa shape index (κ2) is 4.12. The molecule has 2 aliphatic rings. The molecule has 0 bridgehead atoms. The van der Waals surface area contributed by atoms with E-state index in [0.29, 0.717) is 13.0 Å². The molecule has 0 saturated heterocycles. The standard InChI is InChI=1S/C14H15N5O3/c1-7-8-5-11-17(2)19-4-3-10(20)13(21)12(19)14(22)18(11)6-9(8)16-15-7/h3-4,11,21H,5-6H2,1-2H3,(H,15,16)/t11-/m0/s1. The summed E-state index contributed by atoms with van der Waals surface area (Å²) in [5.74, 6) is -0.861. The molecule has 1 amide bonds. The third-order valence-electron chi connectivity index (χ3n) is 4.52. The highest BCUT2D eigenvalue weighted by atomic mass is 16.3. The summed E-state index contributed by atoms with van der Waals surface area (Å²) >= 11 is 0. The molecule has 114 valence electrons. The first kappa shape index (κ1) is 12.9. The van der Waals surface area contributed by atoms with Gasteiger partial charge in [-0.05, 0) is 6.92 Å². The molecule has 0 aromatic carbocycles. The van der Waals surface area contributed by atoms with Crippen LogP contribution in [0.1, 0.15) is 27.4 Å². The molecule has 2 N–H and O–H groups in total. The number of pyridine rings is 1. The summed E-state index contributed by atoms with van der Waals surface area (Å²) in [6.07, 6.45) is 1.99. The highest BCUT2D eigenvalue weighted by Gasteiger charge is 2.41. The van der Waals surface area contributed by atoms with Gasteiger partial charge >= 0.3 is 0 Å². The molecule has 8 nitrogen and oxygen atoms in total. The Balaban J connectivity index is 1.88. The third kappa shape index (κ3) is 1.49. The minimum atomic E-state index is -0.554. The van der Waals surface area contributed by atoms with Gasteiger partial charge in [0.1, 0.15) is 6.17 Å². The zero-order chi connectivity index (χ0) is 15.6. The van der Waals surface area contributed by atoms with Crippen LogP contribution >= 0.6 is 0 Å². The number of carbonyl (C=O) groups excluding carboxylic acids is 1. The smallest absolute Gasteiger partial charge is 0.278 e. The second-order valence-electron chi connectivity index (χ2n) is 5.68. The van der Waals surface area contributed by atoms with Crippen molar-refractivity contribution >= 4 is 5.91 Å². The fourth-order valence-corrected chi connectivity index (χ4v) is 3.27. The molecule has 1 atom stereocenters. The Bertz CT molecular complexity index is 853. The maximum atomic E-state index is 12.7. The predicted molar refractivity (Wildman–Crippen MR) is 77.2 cm³/mol. The van der Waals surface area contributed by atoms with E-state index in [1.54, 1.807) is 9.58 Å². The number of aromatic hydroxyl groups is 1. The van der Waals surface area contributed by atoms with Crippen LogP contribution in [0.25, 0.3) is 0 Å². The Morgan fingerprint density at radius 2 is 2.18 bits per heavy atom. The lowest BCUT2D eigenvalue weighted by Gasteiger charge is -2.46. The average molecular weight is 301 g/mol. The van der Waals surface area contributed by atoms with Crippen LogP contribution in [-0.4, -0.2) is 44.0 Å². The van der Waals surface area contributed by atoms with Crippen molar-refractivity contribution < 1.29 is 9.90 Å². The van der Waals surface area contributed by atoms with Gasteiger partial charge in [-0.3, -0.25) is 24.4 Å². The zero-order valence-corrected chi connectivity index (χ0v) is 12.2. The molecule has 0 spiro atoms. The first-order valence-electron chi connectivity index (χ1n) is 7.00. The van der Waals surface area contributed by atoms with Crippen LogP contribution in [-0.2, 0) is 13.0 Å². The number of amides is 1. The van der Waals surface area contributed by atoms with Crippen LogP contribution in [0.5, 0.6) is 5.75 Å². The molecule has 0 aliphatic carbocycles. The van der Waals surface area contributed by atoms with Crippen LogP contribution in [0, 0.1) is 6.92 Å². The molecule has 8 heteroatoms. The summed E-state index contributed by atoms with van der Waals surface area (Å²) in [7, 11) is 1.83. The summed E-state index contributed by atoms with van der Waals surface area (Å²) < 4.78 is 1.54. The van der Waals surface area contributed by atoms with Gasteiger partial charge in [-0.25, -0.2) is 0 Å². The monoisotopic (exact) mass is 301 g/mol. The Morgan fingerprint density at radius 3 is 2.95 bits per heavy atom. The van der Waals surface area contributed by atoms with Crippen molar-refractivity contribution in [2.24, 2.45) is 0 Å². The number of aryl methyl sites for hydroxylation is 1. The van der Waals surface area contributed by atoms with Gasteiger partial charge in [-0.15, -0.1) is 0 Å². The molecule has 22 heavy (non-hydrogen) atoms. The summed E-state index contributed by atoms with van der Waals surface area (Å²) in [5, 5.41) is 19.0. The first-order chi connectivity index (χ1) is 10.5. The number of aromatic nitrogens is 3. The van der Waals surface area contributed by atoms with Gasteiger partial charge in [0, 0.05) is 31.3 Å². The Morgan fingerprint density at radius 1 is 1.41 bits per heavy atom. The minimum absolute atomic E-state index is 0.00550. The fourth-order valence-electron chi connectivity index (χ4n) is 3.27. The van der Waals surface area contributed by atoms with Crippen molar-refractivity contribution in [2.45, 2.75) is 26.1 Å². The maximum absolute atomic E-state index is 12.7. The van der Waals surface area contributed by atoms with E-state index in [9.17, 15) is 14.7 Å². The normalized spacial score (nSPS) is 19.7. The van der Waals surface area contributed by atoms with Gasteiger partial charge in [0.05, 0.1) is 17.9 Å². The minimum Gasteiger partial charge on any atom is -0.502 e. The number of rotatable bonds is 0. The van der Waals surface area contributed by atoms with E-state index in [1.807, 2.05) is 19.0 Å². The van der Waals surface area contributed by atoms with Crippen LogP contribution in [0.15, 0.2) is 17.1 Å². The molecular weight excluding hydrogens is 286 g/mol. The highest BCUT2D eigenvalue weighted by Crippen LogP contribution is 2.31. The van der Waals surface area contributed by atoms with Gasteiger partial charge < -0.3 is 10.0 Å². The number of carbonyl (C=O) groups is 1. The Kier molecular flexibility index (Phi) is 2.42. The van der Waals surface area contributed by atoms with Crippen LogP contribution in [0.2, 0.25) is 0 Å². The fraction of sp³-hybridized carbons (Fsp3) is 0.357. The molecule has 2 aromatic heterocycles. The van der Waals surface area contributed by atoms with E-state index in [0.717, 1.165) is 17.0 Å². The van der Waals surface area contributed by atoms with Crippen molar-refractivity contribution in [3.05, 3.63) is 45.1 Å². The van der Waals surface area contributed by atoms with Crippen molar-refractivity contribution in [3.8, 4) is 5.75 Å². The molecular formula is C14H15N5O3. The lowest BCUT2D eigenvalue weighted by molar-refractivity contribution is 0.0529. The summed E-state index contributed by atoms with van der Waals surface area (Å²) in [6, 6.07) is 1.26. The molecule has 2 aliphatic heterocycles. The van der Waals surface area contributed by atoms with Crippen LogP contribution in [0.4, 0.5) is 0 Å².